The molecule has 7 aromatic rings. The van der Waals surface area contributed by atoms with Crippen LogP contribution in [0.15, 0.2) is 125 Å². The molecule has 0 spiro atoms. The molecule has 2 fully saturated rings. The number of sulfonamides is 3. The van der Waals surface area contributed by atoms with Crippen molar-refractivity contribution in [2.24, 2.45) is 44.8 Å². The van der Waals surface area contributed by atoms with E-state index in [1.165, 1.54) is 51.5 Å². The first-order chi connectivity index (χ1) is 38.5. The Morgan fingerprint density at radius 3 is 1.07 bits per heavy atom. The highest BCUT2D eigenvalue weighted by Crippen LogP contribution is 2.42. The molecule has 3 heterocycles. The van der Waals surface area contributed by atoms with Gasteiger partial charge in [0.2, 0.25) is 41.9 Å². The summed E-state index contributed by atoms with van der Waals surface area (Å²) in [7, 11) is -1.21. The summed E-state index contributed by atoms with van der Waals surface area (Å²) in [6.07, 6.45) is 16.9. The molecule has 0 radical (unpaired) electrons. The summed E-state index contributed by atoms with van der Waals surface area (Å²) in [5.74, 6) is -6.99. The third-order valence-corrected chi connectivity index (χ3v) is 19.7. The fraction of sp³-hybridized carbons (Fsp3) is 0.431. The molecule has 0 bridgehead atoms. The van der Waals surface area contributed by atoms with E-state index in [1.807, 2.05) is 47.8 Å². The van der Waals surface area contributed by atoms with Crippen LogP contribution in [0, 0.1) is 35.3 Å². The molecule has 2 aliphatic rings. The number of imidazole rings is 3. The normalized spacial score (nSPS) is 18.1. The molecule has 3 aromatic heterocycles. The highest BCUT2D eigenvalue weighted by molar-refractivity contribution is 7.90. The van der Waals surface area contributed by atoms with Gasteiger partial charge in [-0.3, -0.25) is 0 Å². The van der Waals surface area contributed by atoms with Gasteiger partial charge in [-0.1, -0.05) is 24.3 Å². The monoisotopic (exact) mass is 1200 g/mol. The maximum absolute atomic E-state index is 14.0. The molecule has 15 nitrogen and oxygen atoms in total. The van der Waals surface area contributed by atoms with Crippen LogP contribution in [-0.4, -0.2) is 86.9 Å². The molecule has 0 unspecified atom stereocenters. The second-order valence-electron chi connectivity index (χ2n) is 21.5. The van der Waals surface area contributed by atoms with Gasteiger partial charge in [0.25, 0.3) is 0 Å². The number of hydrogen-bond donors (Lipinski definition) is 3. The van der Waals surface area contributed by atoms with Crippen molar-refractivity contribution in [3.05, 3.63) is 144 Å². The zero-order valence-corrected chi connectivity index (χ0v) is 49.6. The highest BCUT2D eigenvalue weighted by atomic mass is 32.2. The Morgan fingerprint density at radius 1 is 0.488 bits per heavy atom. The molecule has 2 aliphatic carbocycles. The van der Waals surface area contributed by atoms with Gasteiger partial charge in [-0.05, 0) is 176 Å². The van der Waals surface area contributed by atoms with Crippen LogP contribution >= 0.6 is 0 Å². The van der Waals surface area contributed by atoms with Gasteiger partial charge in [0, 0.05) is 80.2 Å². The van der Waals surface area contributed by atoms with Crippen LogP contribution in [-0.2, 0) is 70.5 Å². The van der Waals surface area contributed by atoms with E-state index in [0.29, 0.717) is 65.7 Å². The zero-order chi connectivity index (χ0) is 60.0. The topological polar surface area (TPSA) is 192 Å². The Hall–Kier alpha value is -6.18. The molecule has 0 atom stereocenters. The molecule has 0 amide bonds. The standard InChI is InChI=1S/2C20H27F2N3O2S.C18H17F2N3O2S/c2*1-20(21,22)16-7-4-14(5-8-16)10-15-6-9-17(28(26,27)23-2)11-18(15)19-12-25(3)13-24-19;1-21-26(24,25)13-7-6-12(8-15-16(19)4-3-5-17(15)20)14(9-13)18-10-23(2)11-22-18/h2*6,9,11-14,16,23H,4-5,7-8,10H2,1-3H3;3-7,9-11,21H,8H2,1-2H3. The van der Waals surface area contributed by atoms with Crippen LogP contribution < -0.4 is 14.2 Å². The summed E-state index contributed by atoms with van der Waals surface area (Å²) in [6.45, 7) is 2.02. The van der Waals surface area contributed by atoms with E-state index in [2.05, 4.69) is 29.1 Å². The average Bonchev–Trinajstić information content (AvgIpc) is 4.31. The Bertz CT molecular complexity index is 3500. The van der Waals surface area contributed by atoms with E-state index < -0.39 is 65.4 Å². The van der Waals surface area contributed by atoms with Crippen molar-refractivity contribution in [3.63, 3.8) is 0 Å². The van der Waals surface area contributed by atoms with Crippen LogP contribution in [0.4, 0.5) is 26.3 Å². The first-order valence-corrected chi connectivity index (χ1v) is 31.3. The van der Waals surface area contributed by atoms with E-state index in [9.17, 15) is 51.6 Å². The van der Waals surface area contributed by atoms with E-state index in [4.69, 9.17) is 0 Å². The number of aryl methyl sites for hydroxylation is 3. The van der Waals surface area contributed by atoms with Gasteiger partial charge in [0.15, 0.2) is 0 Å². The smallest absolute Gasteiger partial charge is 0.248 e. The number of hydrogen-bond acceptors (Lipinski definition) is 9. The summed E-state index contributed by atoms with van der Waals surface area (Å²) in [6, 6.07) is 18.3. The van der Waals surface area contributed by atoms with Crippen molar-refractivity contribution in [3.8, 4) is 33.8 Å². The largest absolute Gasteiger partial charge is 0.340 e. The Kier molecular flexibility index (Phi) is 20.2. The molecular weight excluding hydrogens is 1130 g/mol. The lowest BCUT2D eigenvalue weighted by molar-refractivity contribution is -0.0582. The SMILES string of the molecule is CNS(=O)(=O)c1ccc(CC2CCC(C(C)(F)F)CC2)c(-c2cn(C)cn2)c1.CNS(=O)(=O)c1ccc(CC2CCC(C(C)(F)F)CC2)c(-c2cn(C)cn2)c1.CNS(=O)(=O)c1ccc(Cc2c(F)cccc2F)c(-c2cn(C)cn2)c1. The van der Waals surface area contributed by atoms with Gasteiger partial charge in [-0.15, -0.1) is 0 Å². The van der Waals surface area contributed by atoms with Crippen LogP contribution in [0.5, 0.6) is 0 Å². The van der Waals surface area contributed by atoms with Crippen LogP contribution in [0.25, 0.3) is 33.8 Å². The number of halogens is 6. The van der Waals surface area contributed by atoms with Gasteiger partial charge < -0.3 is 13.7 Å². The van der Waals surface area contributed by atoms with Gasteiger partial charge in [0.05, 0.1) is 50.8 Å². The fourth-order valence-corrected chi connectivity index (χ4v) is 12.9. The number of nitrogens with zero attached hydrogens (tertiary/aromatic N) is 6. The summed E-state index contributed by atoms with van der Waals surface area (Å²) in [5.41, 5.74) is 6.49. The van der Waals surface area contributed by atoms with Crippen molar-refractivity contribution in [2.45, 2.75) is 111 Å². The molecule has 444 valence electrons. The molecule has 2 saturated carbocycles. The minimum absolute atomic E-state index is 0.0235. The number of alkyl halides is 4. The Morgan fingerprint density at radius 2 is 0.793 bits per heavy atom. The number of benzene rings is 4. The van der Waals surface area contributed by atoms with E-state index in [1.54, 1.807) is 67.1 Å². The van der Waals surface area contributed by atoms with E-state index in [0.717, 1.165) is 74.6 Å². The number of nitrogens with one attached hydrogen (secondary N) is 3. The minimum Gasteiger partial charge on any atom is -0.340 e. The molecule has 9 rings (SSSR count). The summed E-state index contributed by atoms with van der Waals surface area (Å²) in [5, 5.41) is 0. The molecule has 0 saturated heterocycles. The molecule has 24 heteroatoms. The molecule has 3 N–H and O–H groups in total. The molecular formula is C58H71F6N9O6S3. The van der Waals surface area contributed by atoms with Crippen molar-refractivity contribution in [2.75, 3.05) is 21.1 Å². The Balaban J connectivity index is 0.000000177. The molecule has 82 heavy (non-hydrogen) atoms. The lowest BCUT2D eigenvalue weighted by Crippen LogP contribution is -2.29. The van der Waals surface area contributed by atoms with Gasteiger partial charge in [-0.2, -0.15) is 0 Å². The highest BCUT2D eigenvalue weighted by Gasteiger charge is 2.38. The minimum atomic E-state index is -3.66. The van der Waals surface area contributed by atoms with Crippen LogP contribution in [0.1, 0.15) is 87.5 Å². The number of rotatable bonds is 17. The first kappa shape index (κ1) is 63.4. The zero-order valence-electron chi connectivity index (χ0n) is 47.1. The maximum Gasteiger partial charge on any atom is 0.248 e. The summed E-state index contributed by atoms with van der Waals surface area (Å²) in [4.78, 5) is 13.4. The van der Waals surface area contributed by atoms with E-state index in [-0.39, 0.29) is 26.7 Å². The Labute approximate surface area is 477 Å². The van der Waals surface area contributed by atoms with Gasteiger partial charge in [-0.25, -0.2) is 80.7 Å². The molecule has 4 aromatic carbocycles. The van der Waals surface area contributed by atoms with Crippen molar-refractivity contribution >= 4 is 30.1 Å². The first-order valence-electron chi connectivity index (χ1n) is 26.8. The lowest BCUT2D eigenvalue weighted by Gasteiger charge is -2.32. The average molecular weight is 1200 g/mol. The second kappa shape index (κ2) is 26.2. The van der Waals surface area contributed by atoms with Gasteiger partial charge >= 0.3 is 0 Å². The van der Waals surface area contributed by atoms with Crippen molar-refractivity contribution in [1.82, 2.24) is 42.8 Å². The number of aromatic nitrogens is 6. The summed E-state index contributed by atoms with van der Waals surface area (Å²) < 4.78 is 168. The molecule has 0 aliphatic heterocycles. The quantitative estimate of drug-likeness (QED) is 0.0745. The third-order valence-electron chi connectivity index (χ3n) is 15.5. The van der Waals surface area contributed by atoms with E-state index >= 15 is 0 Å². The maximum atomic E-state index is 14.0. The van der Waals surface area contributed by atoms with Crippen LogP contribution in [0.2, 0.25) is 0 Å². The lowest BCUT2D eigenvalue weighted by atomic mass is 9.76. The van der Waals surface area contributed by atoms with Crippen molar-refractivity contribution < 1.29 is 51.6 Å². The van der Waals surface area contributed by atoms with Crippen molar-refractivity contribution in [1.29, 1.82) is 0 Å². The fourth-order valence-electron chi connectivity index (χ4n) is 10.7. The summed E-state index contributed by atoms with van der Waals surface area (Å²) >= 11 is 0. The predicted octanol–water partition coefficient (Wildman–Crippen LogP) is 10.9. The van der Waals surface area contributed by atoms with Gasteiger partial charge in [0.1, 0.15) is 11.6 Å². The second-order valence-corrected chi connectivity index (χ2v) is 27.1. The predicted molar refractivity (Wildman–Crippen MR) is 303 cm³/mol. The van der Waals surface area contributed by atoms with Crippen LogP contribution in [0.3, 0.4) is 0 Å². The third kappa shape index (κ3) is 15.9.